The molecule has 7 rings (SSSR count). The zero-order chi connectivity index (χ0) is 39.5. The number of aliphatic imine (C=N–C) groups is 1. The Morgan fingerprint density at radius 3 is 1.75 bits per heavy atom. The lowest BCUT2D eigenvalue weighted by atomic mass is 10.00. The maximum Gasteiger partial charge on any atom is 0.407 e. The lowest BCUT2D eigenvalue weighted by Crippen LogP contribution is -2.53. The molecular formula is C40H46N8O8. The van der Waals surface area contributed by atoms with Gasteiger partial charge in [0.1, 0.15) is 17.7 Å². The van der Waals surface area contributed by atoms with Crippen molar-refractivity contribution >= 4 is 46.4 Å². The van der Waals surface area contributed by atoms with Crippen LogP contribution in [0.25, 0.3) is 44.3 Å². The lowest BCUT2D eigenvalue weighted by Gasteiger charge is -2.29. The summed E-state index contributed by atoms with van der Waals surface area (Å²) in [6, 6.07) is 17.6. The van der Waals surface area contributed by atoms with Crippen molar-refractivity contribution in [2.45, 2.75) is 75.9 Å². The van der Waals surface area contributed by atoms with Crippen LogP contribution in [0, 0.1) is 0 Å². The van der Waals surface area contributed by atoms with Gasteiger partial charge in [-0.2, -0.15) is 4.89 Å². The molecule has 6 atom stereocenters. The van der Waals surface area contributed by atoms with Crippen molar-refractivity contribution < 1.29 is 39.1 Å². The van der Waals surface area contributed by atoms with Gasteiger partial charge < -0.3 is 44.9 Å². The fourth-order valence-corrected chi connectivity index (χ4v) is 7.67. The van der Waals surface area contributed by atoms with Crippen LogP contribution in [0.5, 0.6) is 0 Å². The van der Waals surface area contributed by atoms with Crippen LogP contribution in [0.1, 0.15) is 63.3 Å². The van der Waals surface area contributed by atoms with Crippen molar-refractivity contribution in [3.63, 3.8) is 0 Å². The first-order valence-electron chi connectivity index (χ1n) is 18.7. The summed E-state index contributed by atoms with van der Waals surface area (Å²) in [5, 5.41) is 23.0. The van der Waals surface area contributed by atoms with Gasteiger partial charge in [-0.3, -0.25) is 9.59 Å². The number of carbonyl (C=O) groups is 3. The Kier molecular flexibility index (Phi) is 11.3. The summed E-state index contributed by atoms with van der Waals surface area (Å²) in [6.45, 7) is 3.98. The minimum absolute atomic E-state index is 0.280. The molecule has 0 spiro atoms. The maximum atomic E-state index is 13.5. The number of aliphatic hydroxyl groups excluding tert-OH is 2. The van der Waals surface area contributed by atoms with E-state index in [4.69, 9.17) is 14.9 Å². The van der Waals surface area contributed by atoms with E-state index in [1.807, 2.05) is 30.3 Å². The average Bonchev–Trinajstić information content (AvgIpc) is 4.03. The van der Waals surface area contributed by atoms with Gasteiger partial charge in [-0.25, -0.2) is 19.8 Å². The molecule has 56 heavy (non-hydrogen) atoms. The maximum absolute atomic E-state index is 13.5. The van der Waals surface area contributed by atoms with Crippen LogP contribution in [0.4, 0.5) is 4.79 Å². The molecule has 2 aromatic heterocycles. The Hall–Kier alpha value is -5.84. The van der Waals surface area contributed by atoms with Gasteiger partial charge in [0.2, 0.25) is 12.3 Å². The van der Waals surface area contributed by atoms with Gasteiger partial charge >= 0.3 is 6.09 Å². The number of aromatic amines is 2. The first-order valence-corrected chi connectivity index (χ1v) is 18.7. The third-order valence-electron chi connectivity index (χ3n) is 10.5. The van der Waals surface area contributed by atoms with E-state index in [9.17, 15) is 24.6 Å². The van der Waals surface area contributed by atoms with Gasteiger partial charge in [0, 0.05) is 13.1 Å². The van der Waals surface area contributed by atoms with Crippen molar-refractivity contribution in [2.75, 3.05) is 27.3 Å². The van der Waals surface area contributed by atoms with Crippen LogP contribution in [0.2, 0.25) is 0 Å². The fraction of sp³-hybridized carbons (Fsp3) is 0.400. The number of aromatic nitrogens is 4. The van der Waals surface area contributed by atoms with E-state index in [0.29, 0.717) is 31.2 Å². The van der Waals surface area contributed by atoms with Crippen molar-refractivity contribution in [1.82, 2.24) is 35.1 Å². The summed E-state index contributed by atoms with van der Waals surface area (Å²) >= 11 is 0. The topological polar surface area (TPSA) is 208 Å². The molecule has 0 bridgehead atoms. The number of benzene rings is 3. The summed E-state index contributed by atoms with van der Waals surface area (Å²) in [6.07, 6.45) is 1.09. The summed E-state index contributed by atoms with van der Waals surface area (Å²) in [4.78, 5) is 72.0. The van der Waals surface area contributed by atoms with Crippen molar-refractivity contribution in [3.8, 4) is 22.3 Å². The summed E-state index contributed by atoms with van der Waals surface area (Å²) < 4.78 is 4.66. The van der Waals surface area contributed by atoms with Gasteiger partial charge in [-0.15, -0.1) is 0 Å². The molecule has 5 N–H and O–H groups in total. The van der Waals surface area contributed by atoms with Gasteiger partial charge in [0.15, 0.2) is 6.04 Å². The minimum atomic E-state index is -1.14. The number of fused-ring (bicyclic) bond motifs is 2. The number of aliphatic hydroxyl groups is 2. The predicted molar refractivity (Wildman–Crippen MR) is 207 cm³/mol. The SMILES string of the molecule is COOC=NC(C(=O)N1CCC[C@H]1c1nc2ccc(-c3ccc(-c4ccc5nc([C@@H]6CCCN6C(=O)C(NC(=O)OC)[C@@H](C)O)[nH]c5c4)cc3)cc2[nH]1)[C@@H](C)O. The molecule has 4 heterocycles. The molecule has 2 saturated heterocycles. The number of ether oxygens (including phenoxy) is 1. The highest BCUT2D eigenvalue weighted by Crippen LogP contribution is 2.35. The number of likely N-dealkylation sites (tertiary alicyclic amines) is 2. The molecule has 3 aromatic carbocycles. The highest BCUT2D eigenvalue weighted by Gasteiger charge is 2.39. The molecule has 0 radical (unpaired) electrons. The number of hydrogen-bond acceptors (Lipinski definition) is 11. The zero-order valence-electron chi connectivity index (χ0n) is 31.6. The van der Waals surface area contributed by atoms with Crippen LogP contribution >= 0.6 is 0 Å². The van der Waals surface area contributed by atoms with Gasteiger partial charge in [-0.1, -0.05) is 36.4 Å². The first-order chi connectivity index (χ1) is 27.1. The summed E-state index contributed by atoms with van der Waals surface area (Å²) in [5.74, 6) is 0.634. The third-order valence-corrected chi connectivity index (χ3v) is 10.5. The third kappa shape index (κ3) is 7.80. The molecular weight excluding hydrogens is 720 g/mol. The highest BCUT2D eigenvalue weighted by atomic mass is 17.2. The fourth-order valence-electron chi connectivity index (χ4n) is 7.67. The number of carbonyl (C=O) groups excluding carboxylic acids is 3. The first kappa shape index (κ1) is 38.4. The number of nitrogens with one attached hydrogen (secondary N) is 3. The van der Waals surface area contributed by atoms with Gasteiger partial charge in [-0.05, 0) is 86.1 Å². The summed E-state index contributed by atoms with van der Waals surface area (Å²) in [7, 11) is 2.54. The molecule has 294 valence electrons. The number of imidazole rings is 2. The van der Waals surface area contributed by atoms with Crippen LogP contribution in [0.15, 0.2) is 65.7 Å². The average molecular weight is 767 g/mol. The lowest BCUT2D eigenvalue weighted by molar-refractivity contribution is -0.188. The van der Waals surface area contributed by atoms with Crippen molar-refractivity contribution in [3.05, 3.63) is 72.3 Å². The molecule has 16 heteroatoms. The molecule has 0 aliphatic carbocycles. The Labute approximate surface area is 322 Å². The predicted octanol–water partition coefficient (Wildman–Crippen LogP) is 4.56. The monoisotopic (exact) mass is 766 g/mol. The van der Waals surface area contributed by atoms with E-state index in [-0.39, 0.29) is 18.0 Å². The standard InChI is InChI=1S/C40H46N8O8/c1-22(49)34(41-21-56-55-4)38(51)47-17-5-7-32(47)36-42-28-15-13-26(19-30(28)44-36)24-9-11-25(12-10-24)27-14-16-29-31(20-27)45-37(43-29)33-8-6-18-48(33)39(52)35(23(2)50)46-40(53)54-3/h9-16,19-23,32-35,49-50H,5-8,17-18H2,1-4H3,(H,42,44)(H,43,45)(H,46,53)/t22-,23-,32+,33+,34?,35?/m1/s1. The van der Waals surface area contributed by atoms with E-state index in [2.05, 4.69) is 60.2 Å². The highest BCUT2D eigenvalue weighted by molar-refractivity contribution is 5.88. The van der Waals surface area contributed by atoms with Gasteiger partial charge in [0.05, 0.1) is 60.6 Å². The molecule has 3 amide bonds. The van der Waals surface area contributed by atoms with Crippen LogP contribution in [-0.2, 0) is 24.1 Å². The number of nitrogens with zero attached hydrogens (tertiary/aromatic N) is 5. The Bertz CT molecular complexity index is 2230. The smallest absolute Gasteiger partial charge is 0.407 e. The summed E-state index contributed by atoms with van der Waals surface area (Å²) in [5.41, 5.74) is 7.27. The molecule has 0 saturated carbocycles. The van der Waals surface area contributed by atoms with Crippen molar-refractivity contribution in [2.24, 2.45) is 4.99 Å². The normalized spacial score (nSPS) is 19.4. The number of hydrogen-bond donors (Lipinski definition) is 5. The largest absolute Gasteiger partial charge is 0.453 e. The zero-order valence-corrected chi connectivity index (χ0v) is 31.6. The number of amides is 3. The van der Waals surface area contributed by atoms with Gasteiger partial charge in [0.25, 0.3) is 5.91 Å². The van der Waals surface area contributed by atoms with E-state index in [0.717, 1.165) is 70.0 Å². The van der Waals surface area contributed by atoms with Crippen molar-refractivity contribution in [1.29, 1.82) is 0 Å². The number of methoxy groups -OCH3 is 1. The second-order valence-corrected chi connectivity index (χ2v) is 14.2. The Morgan fingerprint density at radius 1 is 0.786 bits per heavy atom. The minimum Gasteiger partial charge on any atom is -0.453 e. The van der Waals surface area contributed by atoms with Crippen LogP contribution < -0.4 is 5.32 Å². The quantitative estimate of drug-likeness (QED) is 0.0518. The molecule has 2 aliphatic heterocycles. The van der Waals surface area contributed by atoms with Crippen LogP contribution in [-0.4, -0.2) is 116 Å². The Morgan fingerprint density at radius 2 is 1.29 bits per heavy atom. The molecule has 2 aliphatic rings. The Balaban J connectivity index is 1.06. The second-order valence-electron chi connectivity index (χ2n) is 14.2. The van der Waals surface area contributed by atoms with E-state index in [1.54, 1.807) is 9.80 Å². The number of rotatable bonds is 12. The second kappa shape index (κ2) is 16.5. The molecule has 2 fully saturated rings. The molecule has 2 unspecified atom stereocenters. The van der Waals surface area contributed by atoms with E-state index in [1.165, 1.54) is 28.1 Å². The van der Waals surface area contributed by atoms with E-state index < -0.39 is 36.3 Å². The van der Waals surface area contributed by atoms with E-state index >= 15 is 0 Å². The number of H-pyrrole nitrogens is 2. The molecule has 16 nitrogen and oxygen atoms in total. The molecule has 5 aromatic rings. The van der Waals surface area contributed by atoms with Crippen LogP contribution in [0.3, 0.4) is 0 Å². The number of alkyl carbamates (subject to hydrolysis) is 1.